The van der Waals surface area contributed by atoms with Gasteiger partial charge in [0.05, 0.1) is 18.4 Å². The number of rotatable bonds is 7. The van der Waals surface area contributed by atoms with Gasteiger partial charge in [-0.15, -0.1) is 0 Å². The molecule has 1 unspecified atom stereocenters. The Morgan fingerprint density at radius 2 is 2.05 bits per heavy atom. The van der Waals surface area contributed by atoms with E-state index >= 15 is 0 Å². The average Bonchev–Trinajstić information content (AvgIpc) is 2.99. The van der Waals surface area contributed by atoms with Crippen LogP contribution in [0.1, 0.15) is 36.4 Å². The molecule has 1 aromatic carbocycles. The predicted molar refractivity (Wildman–Crippen MR) is 82.5 cm³/mol. The van der Waals surface area contributed by atoms with Crippen molar-refractivity contribution in [2.45, 2.75) is 32.7 Å². The van der Waals surface area contributed by atoms with E-state index < -0.39 is 0 Å². The van der Waals surface area contributed by atoms with Gasteiger partial charge in [-0.3, -0.25) is 0 Å². The van der Waals surface area contributed by atoms with Gasteiger partial charge in [0.2, 0.25) is 0 Å². The normalized spacial score (nSPS) is 11.9. The fourth-order valence-electron chi connectivity index (χ4n) is 2.09. The topological polar surface area (TPSA) is 51.5 Å². The number of carbonyl (C=O) groups excluding carboxylic acids is 1. The summed E-state index contributed by atoms with van der Waals surface area (Å²) in [6.07, 6.45) is 3.58. The fraction of sp³-hybridized carbons (Fsp3) is 0.353. The van der Waals surface area contributed by atoms with Crippen molar-refractivity contribution < 1.29 is 13.9 Å². The van der Waals surface area contributed by atoms with Crippen LogP contribution >= 0.6 is 0 Å². The maximum absolute atomic E-state index is 11.6. The van der Waals surface area contributed by atoms with Gasteiger partial charge in [0.15, 0.2) is 0 Å². The van der Waals surface area contributed by atoms with Crippen LogP contribution in [-0.4, -0.2) is 18.6 Å². The molecule has 0 radical (unpaired) electrons. The van der Waals surface area contributed by atoms with Crippen LogP contribution in [0.15, 0.2) is 47.1 Å². The Bertz CT molecular complexity index is 546. The third-order valence-electron chi connectivity index (χ3n) is 3.21. The second-order valence-corrected chi connectivity index (χ2v) is 4.96. The monoisotopic (exact) mass is 287 g/mol. The van der Waals surface area contributed by atoms with E-state index in [1.165, 1.54) is 0 Å². The number of carbonyl (C=O) groups is 1. The molecule has 21 heavy (non-hydrogen) atoms. The molecule has 1 aromatic heterocycles. The summed E-state index contributed by atoms with van der Waals surface area (Å²) >= 11 is 0. The number of nitrogens with one attached hydrogen (secondary N) is 1. The van der Waals surface area contributed by atoms with Crippen LogP contribution < -0.4 is 5.32 Å². The van der Waals surface area contributed by atoms with Crippen molar-refractivity contribution in [1.82, 2.24) is 0 Å². The lowest BCUT2D eigenvalue weighted by molar-refractivity contribution is 0.0526. The number of ether oxygens (including phenoxy) is 1. The van der Waals surface area contributed by atoms with Gasteiger partial charge >= 0.3 is 5.97 Å². The lowest BCUT2D eigenvalue weighted by Gasteiger charge is -2.14. The summed E-state index contributed by atoms with van der Waals surface area (Å²) in [6, 6.07) is 11.6. The van der Waals surface area contributed by atoms with Gasteiger partial charge < -0.3 is 14.5 Å². The summed E-state index contributed by atoms with van der Waals surface area (Å²) < 4.78 is 10.3. The van der Waals surface area contributed by atoms with E-state index in [0.717, 1.165) is 24.3 Å². The molecule has 112 valence electrons. The molecule has 4 heteroatoms. The van der Waals surface area contributed by atoms with Crippen LogP contribution in [0, 0.1) is 0 Å². The van der Waals surface area contributed by atoms with Crippen molar-refractivity contribution in [3.05, 3.63) is 54.0 Å². The summed E-state index contributed by atoms with van der Waals surface area (Å²) in [5.74, 6) is 0.719. The smallest absolute Gasteiger partial charge is 0.338 e. The Balaban J connectivity index is 1.83. The quantitative estimate of drug-likeness (QED) is 0.785. The van der Waals surface area contributed by atoms with Gasteiger partial charge in [-0.25, -0.2) is 4.79 Å². The van der Waals surface area contributed by atoms with Crippen LogP contribution in [0.4, 0.5) is 5.69 Å². The minimum absolute atomic E-state index is 0.282. The summed E-state index contributed by atoms with van der Waals surface area (Å²) in [7, 11) is 0. The van der Waals surface area contributed by atoms with Crippen molar-refractivity contribution in [2.24, 2.45) is 0 Å². The maximum Gasteiger partial charge on any atom is 0.338 e. The summed E-state index contributed by atoms with van der Waals surface area (Å²) in [6.45, 7) is 4.32. The molecule has 2 aromatic rings. The van der Waals surface area contributed by atoms with Gasteiger partial charge in [0.1, 0.15) is 5.76 Å². The SMILES string of the molecule is CCOC(=O)c1ccc(NC(C)CCc2ccco2)cc1. The summed E-state index contributed by atoms with van der Waals surface area (Å²) in [4.78, 5) is 11.6. The Hall–Kier alpha value is -2.23. The zero-order valence-corrected chi connectivity index (χ0v) is 12.5. The highest BCUT2D eigenvalue weighted by molar-refractivity contribution is 5.89. The van der Waals surface area contributed by atoms with Crippen LogP contribution in [0.2, 0.25) is 0 Å². The fourth-order valence-corrected chi connectivity index (χ4v) is 2.09. The standard InChI is InChI=1S/C17H21NO3/c1-3-20-17(19)14-7-9-15(10-8-14)18-13(2)6-11-16-5-4-12-21-16/h4-5,7-10,12-13,18H,3,6,11H2,1-2H3. The van der Waals surface area contributed by atoms with Gasteiger partial charge in [0.25, 0.3) is 0 Å². The molecule has 0 saturated carbocycles. The van der Waals surface area contributed by atoms with Gasteiger partial charge in [-0.2, -0.15) is 0 Å². The van der Waals surface area contributed by atoms with Crippen molar-refractivity contribution in [3.63, 3.8) is 0 Å². The average molecular weight is 287 g/mol. The molecule has 1 atom stereocenters. The number of hydrogen-bond donors (Lipinski definition) is 1. The third-order valence-corrected chi connectivity index (χ3v) is 3.21. The molecule has 1 heterocycles. The first-order valence-electron chi connectivity index (χ1n) is 7.25. The highest BCUT2D eigenvalue weighted by Crippen LogP contribution is 2.14. The molecular weight excluding hydrogens is 266 g/mol. The van der Waals surface area contributed by atoms with E-state index in [0.29, 0.717) is 18.2 Å². The molecule has 0 aliphatic rings. The second kappa shape index (κ2) is 7.53. The van der Waals surface area contributed by atoms with Crippen LogP contribution in [-0.2, 0) is 11.2 Å². The maximum atomic E-state index is 11.6. The predicted octanol–water partition coefficient (Wildman–Crippen LogP) is 3.89. The van der Waals surface area contributed by atoms with Gasteiger partial charge in [-0.1, -0.05) is 0 Å². The van der Waals surface area contributed by atoms with E-state index in [1.807, 2.05) is 24.3 Å². The molecule has 0 fully saturated rings. The van der Waals surface area contributed by atoms with Crippen molar-refractivity contribution in [1.29, 1.82) is 0 Å². The number of furan rings is 1. The minimum atomic E-state index is -0.282. The first-order valence-corrected chi connectivity index (χ1v) is 7.25. The Morgan fingerprint density at radius 3 is 2.67 bits per heavy atom. The zero-order valence-electron chi connectivity index (χ0n) is 12.5. The highest BCUT2D eigenvalue weighted by Gasteiger charge is 2.07. The number of hydrogen-bond acceptors (Lipinski definition) is 4. The molecule has 0 amide bonds. The van der Waals surface area contributed by atoms with E-state index in [9.17, 15) is 4.79 Å². The first kappa shape index (κ1) is 15.2. The highest BCUT2D eigenvalue weighted by atomic mass is 16.5. The molecule has 0 spiro atoms. The van der Waals surface area contributed by atoms with E-state index in [1.54, 1.807) is 25.3 Å². The number of benzene rings is 1. The molecule has 1 N–H and O–H groups in total. The third kappa shape index (κ3) is 4.67. The van der Waals surface area contributed by atoms with Gasteiger partial charge in [0, 0.05) is 18.2 Å². The minimum Gasteiger partial charge on any atom is -0.469 e. The van der Waals surface area contributed by atoms with Crippen molar-refractivity contribution >= 4 is 11.7 Å². The summed E-state index contributed by atoms with van der Waals surface area (Å²) in [5.41, 5.74) is 1.57. The van der Waals surface area contributed by atoms with Crippen LogP contribution in [0.3, 0.4) is 0 Å². The zero-order chi connectivity index (χ0) is 15.1. The van der Waals surface area contributed by atoms with Gasteiger partial charge in [-0.05, 0) is 56.7 Å². The first-order chi connectivity index (χ1) is 10.2. The van der Waals surface area contributed by atoms with Crippen LogP contribution in [0.25, 0.3) is 0 Å². The number of esters is 1. The van der Waals surface area contributed by atoms with E-state index in [4.69, 9.17) is 9.15 Å². The summed E-state index contributed by atoms with van der Waals surface area (Å²) in [5, 5.41) is 3.41. The lowest BCUT2D eigenvalue weighted by atomic mass is 10.1. The molecule has 2 rings (SSSR count). The Labute approximate surface area is 125 Å². The van der Waals surface area contributed by atoms with Crippen molar-refractivity contribution in [2.75, 3.05) is 11.9 Å². The number of anilines is 1. The Kier molecular flexibility index (Phi) is 5.43. The lowest BCUT2D eigenvalue weighted by Crippen LogP contribution is -2.16. The second-order valence-electron chi connectivity index (χ2n) is 4.96. The van der Waals surface area contributed by atoms with E-state index in [2.05, 4.69) is 12.2 Å². The molecule has 0 aliphatic heterocycles. The van der Waals surface area contributed by atoms with Crippen molar-refractivity contribution in [3.8, 4) is 0 Å². The van der Waals surface area contributed by atoms with E-state index in [-0.39, 0.29) is 5.97 Å². The number of aryl methyl sites for hydroxylation is 1. The van der Waals surface area contributed by atoms with Crippen LogP contribution in [0.5, 0.6) is 0 Å². The molecule has 4 nitrogen and oxygen atoms in total. The molecule has 0 aliphatic carbocycles. The largest absolute Gasteiger partial charge is 0.469 e. The molecule has 0 bridgehead atoms. The molecular formula is C17H21NO3. The Morgan fingerprint density at radius 1 is 1.29 bits per heavy atom. The molecule has 0 saturated heterocycles.